The summed E-state index contributed by atoms with van der Waals surface area (Å²) in [4.78, 5) is 27.0. The van der Waals surface area contributed by atoms with Gasteiger partial charge in [-0.15, -0.1) is 0 Å². The second kappa shape index (κ2) is 8.17. The van der Waals surface area contributed by atoms with Crippen molar-refractivity contribution in [2.24, 2.45) is 5.92 Å². The quantitative estimate of drug-likeness (QED) is 0.904. The zero-order chi connectivity index (χ0) is 18.5. The maximum atomic E-state index is 12.7. The summed E-state index contributed by atoms with van der Waals surface area (Å²) in [5, 5.41) is 3.01. The summed E-state index contributed by atoms with van der Waals surface area (Å²) in [6.45, 7) is 5.32. The van der Waals surface area contributed by atoms with Crippen molar-refractivity contribution in [1.29, 1.82) is 0 Å². The molecule has 0 aromatic heterocycles. The zero-order valence-corrected chi connectivity index (χ0v) is 15.5. The van der Waals surface area contributed by atoms with Crippen LogP contribution >= 0.6 is 0 Å². The Kier molecular flexibility index (Phi) is 5.71. The molecule has 1 saturated heterocycles. The summed E-state index contributed by atoms with van der Waals surface area (Å²) in [7, 11) is 0. The second-order valence-corrected chi connectivity index (χ2v) is 6.92. The van der Waals surface area contributed by atoms with Gasteiger partial charge in [0.2, 0.25) is 5.91 Å². The highest BCUT2D eigenvalue weighted by molar-refractivity contribution is 5.96. The lowest BCUT2D eigenvalue weighted by molar-refractivity contribution is -0.121. The van der Waals surface area contributed by atoms with Gasteiger partial charge in [-0.05, 0) is 55.5 Å². The average Bonchev–Trinajstić information content (AvgIpc) is 2.68. The first-order valence-corrected chi connectivity index (χ1v) is 9.33. The van der Waals surface area contributed by atoms with E-state index in [0.717, 1.165) is 23.2 Å². The van der Waals surface area contributed by atoms with Gasteiger partial charge in [-0.1, -0.05) is 37.3 Å². The molecule has 2 aromatic rings. The van der Waals surface area contributed by atoms with E-state index >= 15 is 0 Å². The van der Waals surface area contributed by atoms with Crippen molar-refractivity contribution in [1.82, 2.24) is 4.90 Å². The van der Waals surface area contributed by atoms with Crippen molar-refractivity contribution in [3.8, 4) is 0 Å². The van der Waals surface area contributed by atoms with Gasteiger partial charge in [-0.3, -0.25) is 9.59 Å². The lowest BCUT2D eigenvalue weighted by Crippen LogP contribution is -2.41. The number of amides is 2. The molecule has 4 nitrogen and oxygen atoms in total. The number of rotatable bonds is 4. The third kappa shape index (κ3) is 4.13. The van der Waals surface area contributed by atoms with Crippen molar-refractivity contribution in [3.05, 3.63) is 65.2 Å². The number of carbonyl (C=O) groups excluding carboxylic acids is 2. The van der Waals surface area contributed by atoms with Gasteiger partial charge in [0.25, 0.3) is 5.91 Å². The van der Waals surface area contributed by atoms with Crippen molar-refractivity contribution in [2.75, 3.05) is 18.4 Å². The van der Waals surface area contributed by atoms with Crippen LogP contribution in [0.2, 0.25) is 0 Å². The van der Waals surface area contributed by atoms with E-state index in [9.17, 15) is 9.59 Å². The summed E-state index contributed by atoms with van der Waals surface area (Å²) in [6, 6.07) is 15.6. The number of aryl methyl sites for hydroxylation is 2. The SMILES string of the molecule is CCc1ccc(NC(=O)C2CCN(C(=O)c3ccccc3C)CC2)cc1. The number of anilines is 1. The first-order chi connectivity index (χ1) is 12.6. The third-order valence-electron chi connectivity index (χ3n) is 5.16. The Bertz CT molecular complexity index is 775. The average molecular weight is 350 g/mol. The standard InChI is InChI=1S/C22H26N2O2/c1-3-17-8-10-19(11-9-17)23-21(25)18-12-14-24(15-13-18)22(26)20-7-5-4-6-16(20)2/h4-11,18H,3,12-15H2,1-2H3,(H,23,25). The van der Waals surface area contributed by atoms with E-state index in [1.165, 1.54) is 5.56 Å². The molecule has 1 heterocycles. The largest absolute Gasteiger partial charge is 0.339 e. The summed E-state index contributed by atoms with van der Waals surface area (Å²) >= 11 is 0. The van der Waals surface area contributed by atoms with E-state index in [2.05, 4.69) is 12.2 Å². The summed E-state index contributed by atoms with van der Waals surface area (Å²) in [5.74, 6) is 0.0797. The molecular weight excluding hydrogens is 324 g/mol. The molecule has 0 radical (unpaired) electrons. The maximum Gasteiger partial charge on any atom is 0.254 e. The zero-order valence-electron chi connectivity index (χ0n) is 15.5. The Labute approximate surface area is 155 Å². The van der Waals surface area contributed by atoms with Crippen LogP contribution < -0.4 is 5.32 Å². The van der Waals surface area contributed by atoms with Crippen molar-refractivity contribution >= 4 is 17.5 Å². The number of nitrogens with one attached hydrogen (secondary N) is 1. The number of benzene rings is 2. The van der Waals surface area contributed by atoms with E-state index in [1.54, 1.807) is 0 Å². The van der Waals surface area contributed by atoms with Crippen LogP contribution in [0.25, 0.3) is 0 Å². The van der Waals surface area contributed by atoms with Crippen LogP contribution in [-0.4, -0.2) is 29.8 Å². The Morgan fingerprint density at radius 1 is 1.04 bits per heavy atom. The molecule has 0 unspecified atom stereocenters. The molecule has 0 bridgehead atoms. The van der Waals surface area contributed by atoms with Gasteiger partial charge >= 0.3 is 0 Å². The first-order valence-electron chi connectivity index (χ1n) is 9.33. The summed E-state index contributed by atoms with van der Waals surface area (Å²) in [6.07, 6.45) is 2.40. The van der Waals surface area contributed by atoms with Crippen LogP contribution in [0.5, 0.6) is 0 Å². The Balaban J connectivity index is 1.55. The molecule has 26 heavy (non-hydrogen) atoms. The van der Waals surface area contributed by atoms with Crippen LogP contribution in [0.4, 0.5) is 5.69 Å². The fourth-order valence-electron chi connectivity index (χ4n) is 3.40. The summed E-state index contributed by atoms with van der Waals surface area (Å²) in [5.41, 5.74) is 3.84. The van der Waals surface area contributed by atoms with Gasteiger partial charge in [0.05, 0.1) is 0 Å². The van der Waals surface area contributed by atoms with E-state index in [-0.39, 0.29) is 17.7 Å². The van der Waals surface area contributed by atoms with E-state index < -0.39 is 0 Å². The Hall–Kier alpha value is -2.62. The number of likely N-dealkylation sites (tertiary alicyclic amines) is 1. The predicted molar refractivity (Wildman–Crippen MR) is 104 cm³/mol. The van der Waals surface area contributed by atoms with Gasteiger partial charge < -0.3 is 10.2 Å². The molecular formula is C22H26N2O2. The fourth-order valence-corrected chi connectivity index (χ4v) is 3.40. The van der Waals surface area contributed by atoms with Gasteiger partial charge in [0.15, 0.2) is 0 Å². The van der Waals surface area contributed by atoms with Gasteiger partial charge in [0.1, 0.15) is 0 Å². The van der Waals surface area contributed by atoms with Crippen LogP contribution in [0.3, 0.4) is 0 Å². The molecule has 0 aliphatic carbocycles. The Morgan fingerprint density at radius 2 is 1.69 bits per heavy atom. The van der Waals surface area contributed by atoms with Crippen molar-refractivity contribution in [2.45, 2.75) is 33.1 Å². The second-order valence-electron chi connectivity index (χ2n) is 6.92. The Morgan fingerprint density at radius 3 is 2.31 bits per heavy atom. The number of carbonyl (C=O) groups is 2. The fraction of sp³-hybridized carbons (Fsp3) is 0.364. The number of nitrogens with zero attached hydrogens (tertiary/aromatic N) is 1. The highest BCUT2D eigenvalue weighted by atomic mass is 16.2. The minimum absolute atomic E-state index is 0.0400. The normalized spacial score (nSPS) is 14.9. The molecule has 1 aliphatic rings. The minimum atomic E-state index is -0.0400. The minimum Gasteiger partial charge on any atom is -0.339 e. The molecule has 1 fully saturated rings. The van der Waals surface area contributed by atoms with Crippen LogP contribution in [0.1, 0.15) is 41.3 Å². The van der Waals surface area contributed by atoms with Crippen LogP contribution in [0, 0.1) is 12.8 Å². The molecule has 0 atom stereocenters. The van der Waals surface area contributed by atoms with Crippen molar-refractivity contribution in [3.63, 3.8) is 0 Å². The number of piperidine rings is 1. The molecule has 0 saturated carbocycles. The molecule has 1 N–H and O–H groups in total. The monoisotopic (exact) mass is 350 g/mol. The molecule has 3 rings (SSSR count). The van der Waals surface area contributed by atoms with Gasteiger partial charge in [0, 0.05) is 30.3 Å². The molecule has 4 heteroatoms. The van der Waals surface area contributed by atoms with Crippen LogP contribution in [-0.2, 0) is 11.2 Å². The highest BCUT2D eigenvalue weighted by Gasteiger charge is 2.28. The smallest absolute Gasteiger partial charge is 0.254 e. The molecule has 0 spiro atoms. The van der Waals surface area contributed by atoms with E-state index in [0.29, 0.717) is 25.9 Å². The van der Waals surface area contributed by atoms with E-state index in [4.69, 9.17) is 0 Å². The highest BCUT2D eigenvalue weighted by Crippen LogP contribution is 2.22. The van der Waals surface area contributed by atoms with Crippen LogP contribution in [0.15, 0.2) is 48.5 Å². The topological polar surface area (TPSA) is 49.4 Å². The molecule has 1 aliphatic heterocycles. The lowest BCUT2D eigenvalue weighted by Gasteiger charge is -2.31. The third-order valence-corrected chi connectivity index (χ3v) is 5.16. The number of hydrogen-bond donors (Lipinski definition) is 1. The summed E-state index contributed by atoms with van der Waals surface area (Å²) < 4.78 is 0. The first kappa shape index (κ1) is 18.2. The molecule has 136 valence electrons. The number of hydrogen-bond acceptors (Lipinski definition) is 2. The molecule has 2 amide bonds. The van der Waals surface area contributed by atoms with E-state index in [1.807, 2.05) is 60.4 Å². The van der Waals surface area contributed by atoms with Crippen molar-refractivity contribution < 1.29 is 9.59 Å². The maximum absolute atomic E-state index is 12.7. The lowest BCUT2D eigenvalue weighted by atomic mass is 9.95. The van der Waals surface area contributed by atoms with Gasteiger partial charge in [-0.2, -0.15) is 0 Å². The predicted octanol–water partition coefficient (Wildman–Crippen LogP) is 4.05. The van der Waals surface area contributed by atoms with Gasteiger partial charge in [-0.25, -0.2) is 0 Å². The molecule has 2 aromatic carbocycles.